The van der Waals surface area contributed by atoms with Crippen LogP contribution in [0.3, 0.4) is 0 Å². The zero-order valence-electron chi connectivity index (χ0n) is 20.2. The van der Waals surface area contributed by atoms with Gasteiger partial charge >= 0.3 is 5.97 Å². The Labute approximate surface area is 214 Å². The van der Waals surface area contributed by atoms with Crippen LogP contribution in [0.1, 0.15) is 24.0 Å². The number of aliphatic carboxylic acids is 1. The molecule has 1 fully saturated rings. The summed E-state index contributed by atoms with van der Waals surface area (Å²) in [5, 5.41) is 33.7. The van der Waals surface area contributed by atoms with Crippen molar-refractivity contribution in [2.75, 3.05) is 13.2 Å². The minimum Gasteiger partial charge on any atom is -0.508 e. The Morgan fingerprint density at radius 2 is 1.59 bits per heavy atom. The monoisotopic (exact) mass is 512 g/mol. The van der Waals surface area contributed by atoms with Crippen LogP contribution < -0.4 is 16.4 Å². The third-order valence-electron chi connectivity index (χ3n) is 6.26. The molecule has 7 N–H and O–H groups in total. The van der Waals surface area contributed by atoms with E-state index in [0.717, 1.165) is 5.56 Å². The maximum atomic E-state index is 13.1. The number of rotatable bonds is 11. The van der Waals surface area contributed by atoms with Crippen molar-refractivity contribution in [1.29, 1.82) is 0 Å². The number of carboxylic acids is 1. The van der Waals surface area contributed by atoms with Crippen molar-refractivity contribution in [2.45, 2.75) is 49.9 Å². The molecule has 1 heterocycles. The standard InChI is InChI=1S/C26H32N4O7/c27-19(13-17-8-10-18(32)11-9-17)23(33)29-21(15-31)25(35)30-12-4-7-22(30)24(34)28-20(26(36)37)14-16-5-2-1-3-6-16/h1-3,5-6,8-11,19-22,31-32H,4,7,12-15,27H2,(H,28,34)(H,29,33)(H,36,37). The van der Waals surface area contributed by atoms with Crippen molar-refractivity contribution in [2.24, 2.45) is 5.73 Å². The van der Waals surface area contributed by atoms with Gasteiger partial charge in [0.1, 0.15) is 23.9 Å². The maximum Gasteiger partial charge on any atom is 0.326 e. The summed E-state index contributed by atoms with van der Waals surface area (Å²) in [5.74, 6) is -3.04. The highest BCUT2D eigenvalue weighted by Gasteiger charge is 2.39. The van der Waals surface area contributed by atoms with Gasteiger partial charge in [0.2, 0.25) is 17.7 Å². The number of carboxylic acid groups (broad SMARTS) is 1. The molecule has 1 aliphatic heterocycles. The van der Waals surface area contributed by atoms with Crippen LogP contribution in [0.5, 0.6) is 5.75 Å². The molecule has 11 nitrogen and oxygen atoms in total. The van der Waals surface area contributed by atoms with Crippen molar-refractivity contribution in [1.82, 2.24) is 15.5 Å². The Balaban J connectivity index is 1.61. The lowest BCUT2D eigenvalue weighted by Crippen LogP contribution is -2.58. The summed E-state index contributed by atoms with van der Waals surface area (Å²) in [6, 6.07) is 10.6. The fraction of sp³-hybridized carbons (Fsp3) is 0.385. The number of phenolic OH excluding ortho intramolecular Hbond substituents is 1. The summed E-state index contributed by atoms with van der Waals surface area (Å²) >= 11 is 0. The Morgan fingerprint density at radius 3 is 2.22 bits per heavy atom. The number of hydrogen-bond donors (Lipinski definition) is 6. The number of hydrogen-bond acceptors (Lipinski definition) is 7. The van der Waals surface area contributed by atoms with Crippen LogP contribution in [0.2, 0.25) is 0 Å². The average Bonchev–Trinajstić information content (AvgIpc) is 3.38. The molecule has 0 aliphatic carbocycles. The summed E-state index contributed by atoms with van der Waals surface area (Å²) in [7, 11) is 0. The van der Waals surface area contributed by atoms with E-state index in [1.807, 2.05) is 0 Å². The minimum absolute atomic E-state index is 0.0756. The van der Waals surface area contributed by atoms with Crippen LogP contribution in [0.15, 0.2) is 54.6 Å². The number of aliphatic hydroxyl groups excluding tert-OH is 1. The number of benzene rings is 2. The van der Waals surface area contributed by atoms with E-state index in [1.54, 1.807) is 42.5 Å². The van der Waals surface area contributed by atoms with Gasteiger partial charge in [-0.05, 0) is 42.5 Å². The predicted molar refractivity (Wildman–Crippen MR) is 133 cm³/mol. The lowest BCUT2D eigenvalue weighted by molar-refractivity contribution is -0.145. The largest absolute Gasteiger partial charge is 0.508 e. The fourth-order valence-electron chi connectivity index (χ4n) is 4.26. The number of aliphatic hydroxyl groups is 1. The molecule has 2 aromatic carbocycles. The highest BCUT2D eigenvalue weighted by Crippen LogP contribution is 2.19. The number of amides is 3. The summed E-state index contributed by atoms with van der Waals surface area (Å²) in [5.41, 5.74) is 7.40. The Kier molecular flexibility index (Phi) is 9.58. The second-order valence-electron chi connectivity index (χ2n) is 9.00. The first-order chi connectivity index (χ1) is 17.7. The van der Waals surface area contributed by atoms with Gasteiger partial charge in [0, 0.05) is 13.0 Å². The van der Waals surface area contributed by atoms with Gasteiger partial charge in [0.25, 0.3) is 0 Å². The van der Waals surface area contributed by atoms with Gasteiger partial charge in [-0.2, -0.15) is 0 Å². The van der Waals surface area contributed by atoms with Gasteiger partial charge in [-0.1, -0.05) is 42.5 Å². The Bertz CT molecular complexity index is 1090. The average molecular weight is 513 g/mol. The fourth-order valence-corrected chi connectivity index (χ4v) is 4.26. The first kappa shape index (κ1) is 27.6. The molecule has 3 amide bonds. The summed E-state index contributed by atoms with van der Waals surface area (Å²) in [6.45, 7) is -0.480. The number of likely N-dealkylation sites (tertiary alicyclic amines) is 1. The second kappa shape index (κ2) is 12.8. The van der Waals surface area contributed by atoms with Crippen LogP contribution in [0.4, 0.5) is 0 Å². The van der Waals surface area contributed by atoms with Crippen molar-refractivity contribution in [3.05, 3.63) is 65.7 Å². The quantitative estimate of drug-likeness (QED) is 0.234. The van der Waals surface area contributed by atoms with Crippen molar-refractivity contribution in [3.63, 3.8) is 0 Å². The van der Waals surface area contributed by atoms with Gasteiger partial charge in [0.15, 0.2) is 0 Å². The molecular formula is C26H32N4O7. The number of carbonyl (C=O) groups excluding carboxylic acids is 3. The molecule has 1 saturated heterocycles. The van der Waals surface area contributed by atoms with E-state index >= 15 is 0 Å². The number of aromatic hydroxyl groups is 1. The first-order valence-electron chi connectivity index (χ1n) is 12.0. The lowest BCUT2D eigenvalue weighted by Gasteiger charge is -2.29. The normalized spacial score (nSPS) is 17.5. The van der Waals surface area contributed by atoms with E-state index in [0.29, 0.717) is 18.4 Å². The number of nitrogens with zero attached hydrogens (tertiary/aromatic N) is 1. The van der Waals surface area contributed by atoms with E-state index in [1.165, 1.54) is 17.0 Å². The molecule has 4 unspecified atom stereocenters. The van der Waals surface area contributed by atoms with Crippen molar-refractivity contribution in [3.8, 4) is 5.75 Å². The minimum atomic E-state index is -1.31. The van der Waals surface area contributed by atoms with Crippen molar-refractivity contribution >= 4 is 23.7 Å². The van der Waals surface area contributed by atoms with E-state index in [-0.39, 0.29) is 25.1 Å². The zero-order chi connectivity index (χ0) is 26.9. The third-order valence-corrected chi connectivity index (χ3v) is 6.26. The molecule has 0 spiro atoms. The molecule has 0 radical (unpaired) electrons. The van der Waals surface area contributed by atoms with Crippen LogP contribution in [-0.4, -0.2) is 81.2 Å². The molecule has 37 heavy (non-hydrogen) atoms. The van der Waals surface area contributed by atoms with Crippen molar-refractivity contribution < 1.29 is 34.5 Å². The Hall–Kier alpha value is -3.96. The van der Waals surface area contributed by atoms with E-state index in [2.05, 4.69) is 10.6 Å². The molecule has 2 aromatic rings. The second-order valence-corrected chi connectivity index (χ2v) is 9.00. The van der Waals surface area contributed by atoms with E-state index < -0.39 is 54.5 Å². The van der Waals surface area contributed by atoms with E-state index in [9.17, 15) is 34.5 Å². The summed E-state index contributed by atoms with van der Waals surface area (Å²) < 4.78 is 0. The van der Waals surface area contributed by atoms with E-state index in [4.69, 9.17) is 5.73 Å². The molecule has 1 aliphatic rings. The molecule has 3 rings (SSSR count). The highest BCUT2D eigenvalue weighted by molar-refractivity contribution is 5.94. The summed E-state index contributed by atoms with van der Waals surface area (Å²) in [6.07, 6.45) is 1.05. The highest BCUT2D eigenvalue weighted by atomic mass is 16.4. The third kappa shape index (κ3) is 7.51. The summed E-state index contributed by atoms with van der Waals surface area (Å²) in [4.78, 5) is 51.7. The van der Waals surface area contributed by atoms with Gasteiger partial charge in [-0.15, -0.1) is 0 Å². The predicted octanol–water partition coefficient (Wildman–Crippen LogP) is -0.458. The van der Waals surface area contributed by atoms with Gasteiger partial charge in [-0.3, -0.25) is 14.4 Å². The molecule has 4 atom stereocenters. The number of phenols is 1. The number of nitrogens with two attached hydrogens (primary N) is 1. The first-order valence-corrected chi connectivity index (χ1v) is 12.0. The van der Waals surface area contributed by atoms with Crippen LogP contribution >= 0.6 is 0 Å². The topological polar surface area (TPSA) is 182 Å². The lowest BCUT2D eigenvalue weighted by atomic mass is 10.0. The van der Waals surface area contributed by atoms with Crippen LogP contribution in [0, 0.1) is 0 Å². The van der Waals surface area contributed by atoms with Gasteiger partial charge < -0.3 is 36.6 Å². The molecule has 11 heteroatoms. The smallest absolute Gasteiger partial charge is 0.326 e. The zero-order valence-corrected chi connectivity index (χ0v) is 20.2. The molecular weight excluding hydrogens is 480 g/mol. The molecule has 198 valence electrons. The molecule has 0 saturated carbocycles. The van der Waals surface area contributed by atoms with Gasteiger partial charge in [0.05, 0.1) is 12.6 Å². The molecule has 0 bridgehead atoms. The number of nitrogens with one attached hydrogen (secondary N) is 2. The van der Waals surface area contributed by atoms with Crippen LogP contribution in [0.25, 0.3) is 0 Å². The maximum absolute atomic E-state index is 13.1. The van der Waals surface area contributed by atoms with Crippen LogP contribution in [-0.2, 0) is 32.0 Å². The number of carbonyl (C=O) groups is 4. The van der Waals surface area contributed by atoms with Gasteiger partial charge in [-0.25, -0.2) is 4.79 Å². The SMILES string of the molecule is NC(Cc1ccc(O)cc1)C(=O)NC(CO)C(=O)N1CCCC1C(=O)NC(Cc1ccccc1)C(=O)O. The molecule has 0 aromatic heterocycles. The Morgan fingerprint density at radius 1 is 0.946 bits per heavy atom.